The number of amides is 1. The lowest BCUT2D eigenvalue weighted by molar-refractivity contribution is -0.119. The first-order chi connectivity index (χ1) is 14.7. The molecule has 31 heavy (non-hydrogen) atoms. The zero-order valence-corrected chi connectivity index (χ0v) is 18.6. The van der Waals surface area contributed by atoms with Crippen molar-refractivity contribution in [1.29, 1.82) is 0 Å². The Morgan fingerprint density at radius 2 is 1.68 bits per heavy atom. The zero-order valence-electron chi connectivity index (χ0n) is 17.1. The van der Waals surface area contributed by atoms with E-state index in [1.807, 2.05) is 0 Å². The lowest BCUT2D eigenvalue weighted by Crippen LogP contribution is -2.21. The van der Waals surface area contributed by atoms with Crippen molar-refractivity contribution in [3.63, 3.8) is 0 Å². The number of rotatable bonds is 8. The van der Waals surface area contributed by atoms with E-state index in [1.54, 1.807) is 20.8 Å². The quantitative estimate of drug-likeness (QED) is 0.342. The van der Waals surface area contributed by atoms with Crippen LogP contribution in [0.5, 0.6) is 0 Å². The first-order valence-electron chi connectivity index (χ1n) is 9.19. The van der Waals surface area contributed by atoms with Crippen molar-refractivity contribution in [3.05, 3.63) is 44.8 Å². The number of benzene rings is 1. The summed E-state index contributed by atoms with van der Waals surface area (Å²) in [4.78, 5) is 49.1. The van der Waals surface area contributed by atoms with E-state index in [1.165, 1.54) is 18.2 Å². The van der Waals surface area contributed by atoms with Crippen LogP contribution in [0.4, 0.5) is 10.7 Å². The molecular formula is C20H21ClN2O7S. The van der Waals surface area contributed by atoms with Gasteiger partial charge in [0.2, 0.25) is 0 Å². The van der Waals surface area contributed by atoms with Crippen LogP contribution < -0.4 is 11.1 Å². The van der Waals surface area contributed by atoms with Crippen LogP contribution in [0.3, 0.4) is 0 Å². The Hall–Kier alpha value is -3.11. The second kappa shape index (κ2) is 10.8. The summed E-state index contributed by atoms with van der Waals surface area (Å²) in [6, 6.07) is 4.17. The molecule has 0 aliphatic heterocycles. The third-order valence-electron chi connectivity index (χ3n) is 3.91. The third kappa shape index (κ3) is 5.96. The van der Waals surface area contributed by atoms with E-state index >= 15 is 0 Å². The van der Waals surface area contributed by atoms with E-state index in [0.29, 0.717) is 5.56 Å². The van der Waals surface area contributed by atoms with Gasteiger partial charge in [-0.1, -0.05) is 11.6 Å². The number of carbonyl (C=O) groups is 4. The smallest absolute Gasteiger partial charge is 0.348 e. The predicted molar refractivity (Wildman–Crippen MR) is 116 cm³/mol. The number of carbonyl (C=O) groups excluding carboxylic acids is 4. The molecule has 166 valence electrons. The number of hydrogen-bond acceptors (Lipinski definition) is 9. The van der Waals surface area contributed by atoms with Crippen molar-refractivity contribution in [1.82, 2.24) is 0 Å². The van der Waals surface area contributed by atoms with Crippen LogP contribution in [0.15, 0.2) is 18.2 Å². The zero-order chi connectivity index (χ0) is 23.1. The Morgan fingerprint density at radius 3 is 2.29 bits per heavy atom. The van der Waals surface area contributed by atoms with Crippen LogP contribution in [-0.2, 0) is 19.0 Å². The fourth-order valence-corrected chi connectivity index (χ4v) is 3.71. The highest BCUT2D eigenvalue weighted by Gasteiger charge is 2.27. The molecule has 1 amide bonds. The minimum absolute atomic E-state index is 0.0417. The second-order valence-electron chi connectivity index (χ2n) is 6.06. The molecule has 1 aromatic carbocycles. The highest BCUT2D eigenvalue weighted by molar-refractivity contribution is 7.18. The van der Waals surface area contributed by atoms with Gasteiger partial charge in [0.1, 0.15) is 9.88 Å². The molecular weight excluding hydrogens is 448 g/mol. The number of esters is 3. The van der Waals surface area contributed by atoms with Gasteiger partial charge in [-0.25, -0.2) is 14.4 Å². The lowest BCUT2D eigenvalue weighted by atomic mass is 10.1. The molecule has 0 unspecified atom stereocenters. The molecule has 2 aromatic rings. The van der Waals surface area contributed by atoms with Crippen LogP contribution >= 0.6 is 22.9 Å². The molecule has 3 N–H and O–H groups in total. The summed E-state index contributed by atoms with van der Waals surface area (Å²) < 4.78 is 15.0. The predicted octanol–water partition coefficient (Wildman–Crippen LogP) is 3.44. The van der Waals surface area contributed by atoms with E-state index < -0.39 is 30.4 Å². The minimum atomic E-state index is -0.779. The normalized spacial score (nSPS) is 10.3. The number of anilines is 2. The first-order valence-corrected chi connectivity index (χ1v) is 10.4. The summed E-state index contributed by atoms with van der Waals surface area (Å²) in [6.07, 6.45) is 0. The highest BCUT2D eigenvalue weighted by atomic mass is 35.5. The van der Waals surface area contributed by atoms with Crippen LogP contribution in [0.1, 0.15) is 49.8 Å². The Kier molecular flexibility index (Phi) is 8.40. The molecule has 0 aliphatic rings. The van der Waals surface area contributed by atoms with Crippen molar-refractivity contribution in [3.8, 4) is 0 Å². The molecule has 1 aromatic heterocycles. The molecule has 0 radical (unpaired) electrons. The largest absolute Gasteiger partial charge is 0.462 e. The molecule has 0 fully saturated rings. The van der Waals surface area contributed by atoms with Gasteiger partial charge in [0, 0.05) is 0 Å². The Morgan fingerprint density at radius 1 is 1.03 bits per heavy atom. The van der Waals surface area contributed by atoms with E-state index in [0.717, 1.165) is 11.3 Å². The fourth-order valence-electron chi connectivity index (χ4n) is 2.49. The summed E-state index contributed by atoms with van der Waals surface area (Å²) in [5, 5.41) is 2.86. The molecule has 0 aliphatic carbocycles. The molecule has 2 rings (SSSR count). The van der Waals surface area contributed by atoms with Gasteiger partial charge in [-0.3, -0.25) is 4.79 Å². The number of nitrogen functional groups attached to an aromatic ring is 1. The highest BCUT2D eigenvalue weighted by Crippen LogP contribution is 2.34. The van der Waals surface area contributed by atoms with Gasteiger partial charge >= 0.3 is 17.9 Å². The Bertz CT molecular complexity index is 1020. The average molecular weight is 469 g/mol. The number of halogens is 1. The Labute approximate surface area is 187 Å². The number of hydrogen-bond donors (Lipinski definition) is 2. The third-order valence-corrected chi connectivity index (χ3v) is 5.44. The molecule has 0 bridgehead atoms. The van der Waals surface area contributed by atoms with Crippen molar-refractivity contribution in [2.45, 2.75) is 20.8 Å². The number of thiophene rings is 1. The number of nitrogens with two attached hydrogens (primary N) is 1. The molecule has 11 heteroatoms. The van der Waals surface area contributed by atoms with Gasteiger partial charge in [0.05, 0.1) is 35.1 Å². The molecule has 0 spiro atoms. The molecule has 0 saturated heterocycles. The molecule has 0 saturated carbocycles. The molecule has 0 atom stereocenters. The minimum Gasteiger partial charge on any atom is -0.462 e. The van der Waals surface area contributed by atoms with Gasteiger partial charge < -0.3 is 25.3 Å². The van der Waals surface area contributed by atoms with Crippen molar-refractivity contribution in [2.75, 3.05) is 30.9 Å². The van der Waals surface area contributed by atoms with Crippen molar-refractivity contribution in [2.24, 2.45) is 0 Å². The van der Waals surface area contributed by atoms with Gasteiger partial charge in [0.15, 0.2) is 6.61 Å². The summed E-state index contributed by atoms with van der Waals surface area (Å²) in [6.45, 7) is 4.46. The maximum atomic E-state index is 12.3. The number of nitrogens with one attached hydrogen (secondary N) is 1. The van der Waals surface area contributed by atoms with Gasteiger partial charge in [-0.05, 0) is 44.5 Å². The fraction of sp³-hybridized carbons (Fsp3) is 0.300. The summed E-state index contributed by atoms with van der Waals surface area (Å²) in [5.41, 5.74) is 6.33. The van der Waals surface area contributed by atoms with E-state index in [9.17, 15) is 19.2 Å². The average Bonchev–Trinajstić information content (AvgIpc) is 3.04. The maximum Gasteiger partial charge on any atom is 0.348 e. The van der Waals surface area contributed by atoms with Crippen molar-refractivity contribution >= 4 is 57.4 Å². The van der Waals surface area contributed by atoms with Crippen LogP contribution in [0, 0.1) is 6.92 Å². The maximum absolute atomic E-state index is 12.3. The van der Waals surface area contributed by atoms with Gasteiger partial charge in [0.25, 0.3) is 5.91 Å². The van der Waals surface area contributed by atoms with E-state index in [-0.39, 0.29) is 44.9 Å². The summed E-state index contributed by atoms with van der Waals surface area (Å²) in [7, 11) is 0. The van der Waals surface area contributed by atoms with Gasteiger partial charge in [-0.2, -0.15) is 0 Å². The lowest BCUT2D eigenvalue weighted by Gasteiger charge is -2.08. The van der Waals surface area contributed by atoms with Gasteiger partial charge in [-0.15, -0.1) is 11.3 Å². The Balaban J connectivity index is 2.16. The van der Waals surface area contributed by atoms with E-state index in [4.69, 9.17) is 31.5 Å². The van der Waals surface area contributed by atoms with E-state index in [2.05, 4.69) is 5.32 Å². The SMILES string of the molecule is CCOC(=O)c1sc(NC(=O)COC(=O)c2ccc(Cl)c(N)c2)c(C(=O)OCC)c1C. The first kappa shape index (κ1) is 24.2. The standard InChI is InChI=1S/C20H21ClN2O7S/c1-4-28-19(26)15-10(3)16(20(27)29-5-2)31-17(15)23-14(24)9-30-18(25)11-6-7-12(21)13(22)8-11/h6-8H,4-5,9,22H2,1-3H3,(H,23,24). The second-order valence-corrected chi connectivity index (χ2v) is 7.49. The summed E-state index contributed by atoms with van der Waals surface area (Å²) in [5.74, 6) is -2.81. The van der Waals surface area contributed by atoms with Crippen LogP contribution in [0.2, 0.25) is 5.02 Å². The molecule has 9 nitrogen and oxygen atoms in total. The topological polar surface area (TPSA) is 134 Å². The summed E-state index contributed by atoms with van der Waals surface area (Å²) >= 11 is 6.68. The number of ether oxygens (including phenoxy) is 3. The van der Waals surface area contributed by atoms with Crippen molar-refractivity contribution < 1.29 is 33.4 Å². The molecule has 1 heterocycles. The monoisotopic (exact) mass is 468 g/mol. The van der Waals surface area contributed by atoms with Crippen LogP contribution in [0.25, 0.3) is 0 Å². The van der Waals surface area contributed by atoms with Crippen LogP contribution in [-0.4, -0.2) is 43.6 Å².